The average Bonchev–Trinajstić information content (AvgIpc) is 2.01. The van der Waals surface area contributed by atoms with Gasteiger partial charge >= 0.3 is 6.03 Å². The SMILES string of the molecule is CN(C)C=NC1=NC(=O)[N]C=C1. The minimum absolute atomic E-state index is 0.378. The number of hydrogen-bond donors (Lipinski definition) is 0. The summed E-state index contributed by atoms with van der Waals surface area (Å²) in [5.41, 5.74) is 0. The zero-order chi connectivity index (χ0) is 8.97. The molecule has 0 spiro atoms. The Morgan fingerprint density at radius 2 is 2.33 bits per heavy atom. The Labute approximate surface area is 70.5 Å². The van der Waals surface area contributed by atoms with Gasteiger partial charge in [-0.2, -0.15) is 10.3 Å². The molecule has 1 aliphatic rings. The molecule has 5 heteroatoms. The Bertz CT molecular complexity index is 265. The molecule has 1 aliphatic heterocycles. The molecule has 0 saturated carbocycles. The molecule has 0 aromatic rings. The molecule has 1 rings (SSSR count). The van der Waals surface area contributed by atoms with Crippen LogP contribution in [0.4, 0.5) is 4.79 Å². The van der Waals surface area contributed by atoms with Gasteiger partial charge in [-0.15, -0.1) is 0 Å². The molecule has 0 aromatic carbocycles. The number of hydrogen-bond acceptors (Lipinski definition) is 2. The van der Waals surface area contributed by atoms with Gasteiger partial charge in [-0.05, 0) is 0 Å². The van der Waals surface area contributed by atoms with Gasteiger partial charge in [0.2, 0.25) is 0 Å². The standard InChI is InChI=1S/C7H9N4O/c1-11(2)5-9-6-3-4-8-7(12)10-6/h3-5H,1-2H3. The summed E-state index contributed by atoms with van der Waals surface area (Å²) < 4.78 is 0. The van der Waals surface area contributed by atoms with E-state index in [2.05, 4.69) is 15.3 Å². The van der Waals surface area contributed by atoms with Gasteiger partial charge in [0, 0.05) is 26.4 Å². The first-order valence-corrected chi connectivity index (χ1v) is 3.39. The molecule has 0 saturated heterocycles. The van der Waals surface area contributed by atoms with Gasteiger partial charge in [-0.25, -0.2) is 9.79 Å². The lowest BCUT2D eigenvalue weighted by Gasteiger charge is -2.03. The Morgan fingerprint density at radius 3 is 2.92 bits per heavy atom. The third-order valence-corrected chi connectivity index (χ3v) is 1.04. The molecule has 0 bridgehead atoms. The number of aliphatic imine (C=N–C) groups is 2. The van der Waals surface area contributed by atoms with Gasteiger partial charge in [-0.1, -0.05) is 0 Å². The molecule has 1 radical (unpaired) electrons. The summed E-state index contributed by atoms with van der Waals surface area (Å²) in [6, 6.07) is -0.511. The summed E-state index contributed by atoms with van der Waals surface area (Å²) in [4.78, 5) is 19.9. The van der Waals surface area contributed by atoms with Crippen molar-refractivity contribution in [3.63, 3.8) is 0 Å². The predicted octanol–water partition coefficient (Wildman–Crippen LogP) is 0.226. The fraction of sp³-hybridized carbons (Fsp3) is 0.286. The van der Waals surface area contributed by atoms with Gasteiger partial charge in [0.1, 0.15) is 0 Å². The van der Waals surface area contributed by atoms with Crippen LogP contribution in [0.25, 0.3) is 0 Å². The van der Waals surface area contributed by atoms with Crippen LogP contribution in [0, 0.1) is 0 Å². The highest BCUT2D eigenvalue weighted by Crippen LogP contribution is 1.92. The van der Waals surface area contributed by atoms with Crippen LogP contribution in [0.5, 0.6) is 0 Å². The molecule has 0 aromatic heterocycles. The van der Waals surface area contributed by atoms with Gasteiger partial charge in [0.05, 0.1) is 6.34 Å². The highest BCUT2D eigenvalue weighted by Gasteiger charge is 2.03. The minimum Gasteiger partial charge on any atom is -0.369 e. The van der Waals surface area contributed by atoms with Gasteiger partial charge in [0.25, 0.3) is 0 Å². The number of amidine groups is 1. The minimum atomic E-state index is -0.511. The Hall–Kier alpha value is -1.65. The summed E-state index contributed by atoms with van der Waals surface area (Å²) >= 11 is 0. The third kappa shape index (κ3) is 2.53. The van der Waals surface area contributed by atoms with Crippen molar-refractivity contribution in [1.29, 1.82) is 0 Å². The number of carbonyl (C=O) groups is 1. The quantitative estimate of drug-likeness (QED) is 0.412. The largest absolute Gasteiger partial charge is 0.369 e. The maximum Gasteiger partial charge on any atom is 0.369 e. The Morgan fingerprint density at radius 1 is 1.58 bits per heavy atom. The number of carbonyl (C=O) groups excluding carboxylic acids is 1. The molecule has 0 atom stereocenters. The number of urea groups is 1. The first-order chi connectivity index (χ1) is 5.68. The molecule has 0 unspecified atom stereocenters. The fourth-order valence-electron chi connectivity index (χ4n) is 0.578. The maximum atomic E-state index is 10.6. The van der Waals surface area contributed by atoms with Crippen LogP contribution in [-0.2, 0) is 0 Å². The number of rotatable bonds is 1. The second kappa shape index (κ2) is 3.66. The van der Waals surface area contributed by atoms with Crippen molar-refractivity contribution in [2.45, 2.75) is 0 Å². The molecule has 5 nitrogen and oxygen atoms in total. The van der Waals surface area contributed by atoms with Crippen molar-refractivity contribution in [3.05, 3.63) is 12.3 Å². The Balaban J connectivity index is 2.63. The van der Waals surface area contributed by atoms with E-state index in [1.54, 1.807) is 17.3 Å². The van der Waals surface area contributed by atoms with E-state index in [0.29, 0.717) is 5.84 Å². The first-order valence-electron chi connectivity index (χ1n) is 3.39. The predicted molar refractivity (Wildman–Crippen MR) is 46.3 cm³/mol. The van der Waals surface area contributed by atoms with Crippen LogP contribution < -0.4 is 5.32 Å². The van der Waals surface area contributed by atoms with E-state index in [1.165, 1.54) is 6.20 Å². The van der Waals surface area contributed by atoms with E-state index in [9.17, 15) is 4.79 Å². The van der Waals surface area contributed by atoms with Crippen LogP contribution in [0.3, 0.4) is 0 Å². The average molecular weight is 165 g/mol. The molecule has 12 heavy (non-hydrogen) atoms. The van der Waals surface area contributed by atoms with Crippen molar-refractivity contribution >= 4 is 18.2 Å². The number of nitrogens with zero attached hydrogens (tertiary/aromatic N) is 4. The van der Waals surface area contributed by atoms with Crippen LogP contribution in [-0.4, -0.2) is 37.2 Å². The highest BCUT2D eigenvalue weighted by molar-refractivity contribution is 6.05. The first kappa shape index (κ1) is 8.45. The van der Waals surface area contributed by atoms with E-state index < -0.39 is 6.03 Å². The van der Waals surface area contributed by atoms with E-state index in [-0.39, 0.29) is 0 Å². The van der Waals surface area contributed by atoms with Crippen LogP contribution in [0.1, 0.15) is 0 Å². The van der Waals surface area contributed by atoms with Crippen LogP contribution in [0.15, 0.2) is 22.3 Å². The second-order valence-electron chi connectivity index (χ2n) is 2.41. The molecule has 1 heterocycles. The molecular formula is C7H9N4O. The zero-order valence-electron chi connectivity index (χ0n) is 6.93. The van der Waals surface area contributed by atoms with Crippen LogP contribution >= 0.6 is 0 Å². The summed E-state index contributed by atoms with van der Waals surface area (Å²) in [7, 11) is 3.67. The smallest absolute Gasteiger partial charge is 0.369 e. The summed E-state index contributed by atoms with van der Waals surface area (Å²) in [6.45, 7) is 0. The lowest BCUT2D eigenvalue weighted by molar-refractivity contribution is 0.251. The zero-order valence-corrected chi connectivity index (χ0v) is 6.93. The fourth-order valence-corrected chi connectivity index (χ4v) is 0.578. The van der Waals surface area contributed by atoms with Crippen molar-refractivity contribution in [2.75, 3.05) is 14.1 Å². The van der Waals surface area contributed by atoms with E-state index in [4.69, 9.17) is 0 Å². The normalized spacial score (nSPS) is 16.2. The van der Waals surface area contributed by atoms with E-state index >= 15 is 0 Å². The summed E-state index contributed by atoms with van der Waals surface area (Å²) in [5, 5.41) is 3.41. The molecule has 63 valence electrons. The summed E-state index contributed by atoms with van der Waals surface area (Å²) in [6.07, 6.45) is 4.53. The lowest BCUT2D eigenvalue weighted by Crippen LogP contribution is -2.14. The van der Waals surface area contributed by atoms with E-state index in [0.717, 1.165) is 0 Å². The van der Waals surface area contributed by atoms with Crippen LogP contribution in [0.2, 0.25) is 0 Å². The molecule has 0 aliphatic carbocycles. The van der Waals surface area contributed by atoms with Crippen molar-refractivity contribution in [1.82, 2.24) is 10.2 Å². The Kier molecular flexibility index (Phi) is 2.57. The van der Waals surface area contributed by atoms with Crippen molar-refractivity contribution < 1.29 is 4.79 Å². The second-order valence-corrected chi connectivity index (χ2v) is 2.41. The molecular weight excluding hydrogens is 156 g/mol. The van der Waals surface area contributed by atoms with Gasteiger partial charge in [-0.3, -0.25) is 0 Å². The molecule has 2 amide bonds. The molecule has 0 fully saturated rings. The van der Waals surface area contributed by atoms with Crippen molar-refractivity contribution in [3.8, 4) is 0 Å². The molecule has 0 N–H and O–H groups in total. The van der Waals surface area contributed by atoms with Gasteiger partial charge in [0.15, 0.2) is 5.84 Å². The lowest BCUT2D eigenvalue weighted by atomic mass is 10.5. The topological polar surface area (TPSA) is 59.1 Å². The van der Waals surface area contributed by atoms with Gasteiger partial charge < -0.3 is 4.90 Å². The monoisotopic (exact) mass is 165 g/mol. The highest BCUT2D eigenvalue weighted by atomic mass is 16.2. The summed E-state index contributed by atoms with van der Waals surface area (Å²) in [5.74, 6) is 0.378. The van der Waals surface area contributed by atoms with E-state index in [1.807, 2.05) is 14.1 Å². The maximum absolute atomic E-state index is 10.6. The third-order valence-electron chi connectivity index (χ3n) is 1.04. The number of amides is 2. The van der Waals surface area contributed by atoms with Crippen molar-refractivity contribution in [2.24, 2.45) is 9.98 Å².